The fourth-order valence-electron chi connectivity index (χ4n) is 1.36. The van der Waals surface area contributed by atoms with E-state index in [-0.39, 0.29) is 5.54 Å². The van der Waals surface area contributed by atoms with Gasteiger partial charge in [-0.2, -0.15) is 0 Å². The lowest BCUT2D eigenvalue weighted by Crippen LogP contribution is -2.38. The highest BCUT2D eigenvalue weighted by atomic mass is 16.5. The SMILES string of the molecule is CCCC(C)COCCNC(C)(C)C. The van der Waals surface area contributed by atoms with Gasteiger partial charge in [-0.3, -0.25) is 0 Å². The van der Waals surface area contributed by atoms with E-state index >= 15 is 0 Å². The summed E-state index contributed by atoms with van der Waals surface area (Å²) in [5.74, 6) is 0.703. The molecular formula is C12H27NO. The monoisotopic (exact) mass is 201 g/mol. The molecule has 1 atom stereocenters. The fraction of sp³-hybridized carbons (Fsp3) is 1.00. The molecule has 0 radical (unpaired) electrons. The van der Waals surface area contributed by atoms with E-state index in [1.807, 2.05) is 0 Å². The minimum atomic E-state index is 0.207. The number of ether oxygens (including phenoxy) is 1. The van der Waals surface area contributed by atoms with Crippen molar-refractivity contribution in [1.29, 1.82) is 0 Å². The molecule has 0 aromatic carbocycles. The Balaban J connectivity index is 3.21. The van der Waals surface area contributed by atoms with E-state index in [2.05, 4.69) is 39.9 Å². The maximum Gasteiger partial charge on any atom is 0.0591 e. The minimum Gasteiger partial charge on any atom is -0.380 e. The van der Waals surface area contributed by atoms with Crippen LogP contribution in [-0.2, 0) is 4.74 Å². The van der Waals surface area contributed by atoms with Crippen LogP contribution in [0.15, 0.2) is 0 Å². The van der Waals surface area contributed by atoms with E-state index in [4.69, 9.17) is 4.74 Å². The normalized spacial score (nSPS) is 14.4. The second kappa shape index (κ2) is 7.24. The Labute approximate surface area is 89.4 Å². The average molecular weight is 201 g/mol. The topological polar surface area (TPSA) is 21.3 Å². The molecule has 0 saturated heterocycles. The summed E-state index contributed by atoms with van der Waals surface area (Å²) in [7, 11) is 0. The lowest BCUT2D eigenvalue weighted by atomic mass is 10.1. The Kier molecular flexibility index (Phi) is 7.20. The van der Waals surface area contributed by atoms with Gasteiger partial charge in [-0.05, 0) is 33.1 Å². The smallest absolute Gasteiger partial charge is 0.0591 e. The van der Waals surface area contributed by atoms with Crippen molar-refractivity contribution in [2.45, 2.75) is 53.0 Å². The van der Waals surface area contributed by atoms with Crippen LogP contribution in [0.2, 0.25) is 0 Å². The third-order valence-corrected chi connectivity index (χ3v) is 2.09. The van der Waals surface area contributed by atoms with E-state index in [0.29, 0.717) is 5.92 Å². The summed E-state index contributed by atoms with van der Waals surface area (Å²) < 4.78 is 5.58. The van der Waals surface area contributed by atoms with Crippen LogP contribution in [0.5, 0.6) is 0 Å². The second-order valence-corrected chi connectivity index (χ2v) is 5.15. The van der Waals surface area contributed by atoms with Gasteiger partial charge in [-0.15, -0.1) is 0 Å². The first kappa shape index (κ1) is 13.9. The van der Waals surface area contributed by atoms with Gasteiger partial charge in [-0.25, -0.2) is 0 Å². The van der Waals surface area contributed by atoms with Crippen LogP contribution >= 0.6 is 0 Å². The lowest BCUT2D eigenvalue weighted by Gasteiger charge is -2.20. The molecule has 0 aromatic heterocycles. The summed E-state index contributed by atoms with van der Waals surface area (Å²) in [5.41, 5.74) is 0.207. The van der Waals surface area contributed by atoms with Crippen LogP contribution in [-0.4, -0.2) is 25.3 Å². The van der Waals surface area contributed by atoms with Gasteiger partial charge >= 0.3 is 0 Å². The van der Waals surface area contributed by atoms with E-state index in [1.54, 1.807) is 0 Å². The van der Waals surface area contributed by atoms with Crippen LogP contribution in [0, 0.1) is 5.92 Å². The van der Waals surface area contributed by atoms with Gasteiger partial charge in [0, 0.05) is 18.7 Å². The molecule has 0 aliphatic rings. The molecule has 0 aliphatic carbocycles. The van der Waals surface area contributed by atoms with Gasteiger partial charge in [-0.1, -0.05) is 20.3 Å². The maximum atomic E-state index is 5.58. The van der Waals surface area contributed by atoms with Gasteiger partial charge in [0.05, 0.1) is 6.61 Å². The molecule has 0 aliphatic heterocycles. The van der Waals surface area contributed by atoms with Crippen LogP contribution in [0.25, 0.3) is 0 Å². The van der Waals surface area contributed by atoms with Gasteiger partial charge in [0.1, 0.15) is 0 Å². The standard InChI is InChI=1S/C12H27NO/c1-6-7-11(2)10-14-9-8-13-12(3,4)5/h11,13H,6-10H2,1-5H3. The Morgan fingerprint density at radius 1 is 1.29 bits per heavy atom. The Hall–Kier alpha value is -0.0800. The van der Waals surface area contributed by atoms with Crippen molar-refractivity contribution in [3.8, 4) is 0 Å². The van der Waals surface area contributed by atoms with Gasteiger partial charge in [0.15, 0.2) is 0 Å². The molecule has 14 heavy (non-hydrogen) atoms. The van der Waals surface area contributed by atoms with Crippen molar-refractivity contribution in [3.05, 3.63) is 0 Å². The summed E-state index contributed by atoms with van der Waals surface area (Å²) in [6.07, 6.45) is 2.53. The third kappa shape index (κ3) is 10.0. The molecule has 0 aromatic rings. The van der Waals surface area contributed by atoms with Crippen molar-refractivity contribution in [2.75, 3.05) is 19.8 Å². The molecule has 0 fully saturated rings. The zero-order chi connectivity index (χ0) is 11.0. The molecule has 0 bridgehead atoms. The first-order valence-electron chi connectivity index (χ1n) is 5.78. The van der Waals surface area contributed by atoms with Crippen LogP contribution in [0.4, 0.5) is 0 Å². The zero-order valence-electron chi connectivity index (χ0n) is 10.5. The highest BCUT2D eigenvalue weighted by Crippen LogP contribution is 2.04. The Bertz CT molecular complexity index is 129. The van der Waals surface area contributed by atoms with Crippen LogP contribution in [0.1, 0.15) is 47.5 Å². The van der Waals surface area contributed by atoms with Crippen molar-refractivity contribution in [3.63, 3.8) is 0 Å². The summed E-state index contributed by atoms with van der Waals surface area (Å²) in [5, 5.41) is 3.40. The van der Waals surface area contributed by atoms with Crippen LogP contribution < -0.4 is 5.32 Å². The highest BCUT2D eigenvalue weighted by Gasteiger charge is 2.07. The molecule has 0 rings (SSSR count). The summed E-state index contributed by atoms with van der Waals surface area (Å²) in [6.45, 7) is 13.7. The van der Waals surface area contributed by atoms with Crippen molar-refractivity contribution in [2.24, 2.45) is 5.92 Å². The maximum absolute atomic E-state index is 5.58. The lowest BCUT2D eigenvalue weighted by molar-refractivity contribution is 0.0998. The molecule has 0 spiro atoms. The number of nitrogens with one attached hydrogen (secondary N) is 1. The molecule has 1 unspecified atom stereocenters. The minimum absolute atomic E-state index is 0.207. The largest absolute Gasteiger partial charge is 0.380 e. The summed E-state index contributed by atoms with van der Waals surface area (Å²) in [6, 6.07) is 0. The van der Waals surface area contributed by atoms with Crippen LogP contribution in [0.3, 0.4) is 0 Å². The third-order valence-electron chi connectivity index (χ3n) is 2.09. The van der Waals surface area contributed by atoms with Crippen molar-refractivity contribution in [1.82, 2.24) is 5.32 Å². The van der Waals surface area contributed by atoms with E-state index in [9.17, 15) is 0 Å². The van der Waals surface area contributed by atoms with Crippen molar-refractivity contribution < 1.29 is 4.74 Å². The number of hydrogen-bond donors (Lipinski definition) is 1. The van der Waals surface area contributed by atoms with Gasteiger partial charge in [0.2, 0.25) is 0 Å². The number of rotatable bonds is 7. The first-order chi connectivity index (χ1) is 6.45. The molecule has 2 heteroatoms. The van der Waals surface area contributed by atoms with Crippen molar-refractivity contribution >= 4 is 0 Å². The molecule has 0 heterocycles. The first-order valence-corrected chi connectivity index (χ1v) is 5.78. The predicted molar refractivity (Wildman–Crippen MR) is 62.6 cm³/mol. The zero-order valence-corrected chi connectivity index (χ0v) is 10.5. The number of hydrogen-bond acceptors (Lipinski definition) is 2. The molecular weight excluding hydrogens is 174 g/mol. The molecule has 0 saturated carbocycles. The van der Waals surface area contributed by atoms with E-state index in [1.165, 1.54) is 12.8 Å². The quantitative estimate of drug-likeness (QED) is 0.640. The Morgan fingerprint density at radius 3 is 2.43 bits per heavy atom. The molecule has 86 valence electrons. The molecule has 1 N–H and O–H groups in total. The van der Waals surface area contributed by atoms with E-state index in [0.717, 1.165) is 19.8 Å². The predicted octanol–water partition coefficient (Wildman–Crippen LogP) is 2.83. The molecule has 2 nitrogen and oxygen atoms in total. The Morgan fingerprint density at radius 2 is 1.93 bits per heavy atom. The second-order valence-electron chi connectivity index (χ2n) is 5.15. The summed E-state index contributed by atoms with van der Waals surface area (Å²) >= 11 is 0. The average Bonchev–Trinajstić information content (AvgIpc) is 2.02. The van der Waals surface area contributed by atoms with Gasteiger partial charge in [0.25, 0.3) is 0 Å². The highest BCUT2D eigenvalue weighted by molar-refractivity contribution is 4.69. The fourth-order valence-corrected chi connectivity index (χ4v) is 1.36. The van der Waals surface area contributed by atoms with E-state index < -0.39 is 0 Å². The van der Waals surface area contributed by atoms with Gasteiger partial charge < -0.3 is 10.1 Å². The molecule has 0 amide bonds. The summed E-state index contributed by atoms with van der Waals surface area (Å²) in [4.78, 5) is 0.